The number of carbonyl (C=O) groups excluding carboxylic acids is 2. The Bertz CT molecular complexity index is 2520. The Labute approximate surface area is 695 Å². The number of unbranched alkanes of at least 4 members (excludes halogenated alkanes) is 20. The summed E-state index contributed by atoms with van der Waals surface area (Å²) in [5.41, 5.74) is -0.739. The maximum atomic E-state index is 13.4. The minimum atomic E-state index is -4.22. The smallest absolute Gasteiger partial charge is 0.475 e. The van der Waals surface area contributed by atoms with Crippen LogP contribution in [0.3, 0.4) is 0 Å². The topological polar surface area (TPSA) is 172 Å². The lowest BCUT2D eigenvalue weighted by molar-refractivity contribution is -0.155. The van der Waals surface area contributed by atoms with E-state index in [1.807, 2.05) is 32.1 Å². The molecule has 0 saturated heterocycles. The van der Waals surface area contributed by atoms with Crippen molar-refractivity contribution in [1.82, 2.24) is 0 Å². The normalized spacial score (nSPS) is 14.2. The Kier molecular flexibility index (Phi) is 90.2. The molecule has 0 heterocycles. The Morgan fingerprint density at radius 2 is 0.613 bits per heavy atom. The van der Waals surface area contributed by atoms with E-state index >= 15 is 0 Å². The van der Waals surface area contributed by atoms with Gasteiger partial charge in [-0.25, -0.2) is 9.13 Å². The van der Waals surface area contributed by atoms with Gasteiger partial charge in [-0.05, 0) is 185 Å². The van der Waals surface area contributed by atoms with Crippen molar-refractivity contribution in [2.75, 3.05) is 75.9 Å². The molecule has 0 rings (SSSR count). The molecule has 14 nitrogen and oxygen atoms in total. The molecule has 2 unspecified atom stereocenters. The Balaban J connectivity index is -0.00000209. The number of hydrogen-bond donors (Lipinski definition) is 1. The molecule has 0 aliphatic rings. The zero-order chi connectivity index (χ0) is 80.7. The van der Waals surface area contributed by atoms with Gasteiger partial charge >= 0.3 is 27.6 Å². The number of rotatable bonds is 79. The summed E-state index contributed by atoms with van der Waals surface area (Å²) in [5, 5.41) is 0. The maximum Gasteiger partial charge on any atom is 0.475 e. The van der Waals surface area contributed by atoms with Crippen LogP contribution in [-0.2, 0) is 60.3 Å². The molecule has 0 bridgehead atoms. The predicted octanol–water partition coefficient (Wildman–Crippen LogP) is 25.6. The summed E-state index contributed by atoms with van der Waals surface area (Å²) in [7, 11) is -8.08. The quantitative estimate of drug-likeness (QED) is 0.0264. The van der Waals surface area contributed by atoms with Gasteiger partial charge in [-0.3, -0.25) is 32.2 Å². The molecule has 644 valence electrons. The largest absolute Gasteiger partial charge is 1.00 e. The average Bonchev–Trinajstić information content (AvgIpc) is 0.857. The number of halogens is 1. The second-order valence-electron chi connectivity index (χ2n) is 28.7. The molecule has 0 aromatic rings. The first-order valence-electron chi connectivity index (χ1n) is 43.3. The zero-order valence-corrected chi connectivity index (χ0v) is 75.7. The van der Waals surface area contributed by atoms with E-state index in [1.165, 1.54) is 151 Å². The molecule has 19 heteroatoms. The maximum absolute atomic E-state index is 13.4. The summed E-state index contributed by atoms with van der Waals surface area (Å²) >= 11 is 4.22. The molecule has 111 heavy (non-hydrogen) atoms. The van der Waals surface area contributed by atoms with E-state index < -0.39 is 39.4 Å². The first kappa shape index (κ1) is 112. The van der Waals surface area contributed by atoms with Crippen molar-refractivity contribution < 1.29 is 77.6 Å². The van der Waals surface area contributed by atoms with Crippen molar-refractivity contribution in [2.24, 2.45) is 0 Å². The molecule has 0 amide bonds. The van der Waals surface area contributed by atoms with Crippen molar-refractivity contribution in [1.29, 1.82) is 0 Å². The minimum Gasteiger partial charge on any atom is -1.00 e. The summed E-state index contributed by atoms with van der Waals surface area (Å²) in [6, 6.07) is 0. The van der Waals surface area contributed by atoms with Crippen molar-refractivity contribution >= 4 is 51.1 Å². The molecule has 0 saturated carbocycles. The highest BCUT2D eigenvalue weighted by Gasteiger charge is 2.34. The fourth-order valence-corrected chi connectivity index (χ4v) is 15.0. The molecule has 0 aliphatic heterocycles. The van der Waals surface area contributed by atoms with Crippen LogP contribution in [0, 0.1) is 0 Å². The van der Waals surface area contributed by atoms with Crippen LogP contribution < -0.4 is 12.4 Å². The van der Waals surface area contributed by atoms with Crippen LogP contribution in [0.25, 0.3) is 0 Å². The fourth-order valence-electron chi connectivity index (χ4n) is 10.5. The summed E-state index contributed by atoms with van der Waals surface area (Å²) in [4.78, 5) is 35.3. The Hall–Kier alpha value is -3.05. The molecule has 0 aliphatic carbocycles. The van der Waals surface area contributed by atoms with Gasteiger partial charge in [0.05, 0.1) is 45.2 Å². The molecule has 0 fully saturated rings. The lowest BCUT2D eigenvalue weighted by Crippen LogP contribution is -3.00. The number of phosphoric acid groups is 2. The van der Waals surface area contributed by atoms with Crippen LogP contribution in [0.4, 0.5) is 0 Å². The first-order valence-corrected chi connectivity index (χ1v) is 48.6. The van der Waals surface area contributed by atoms with Crippen molar-refractivity contribution in [3.8, 4) is 0 Å². The van der Waals surface area contributed by atoms with Gasteiger partial charge in [-0.15, -0.1) is 0 Å². The van der Waals surface area contributed by atoms with Crippen LogP contribution >= 0.6 is 39.2 Å². The molecule has 1 N–H and O–H groups in total. The number of thioether (sulfide) groups is 2. The van der Waals surface area contributed by atoms with Crippen LogP contribution in [0.1, 0.15) is 332 Å². The van der Waals surface area contributed by atoms with Gasteiger partial charge < -0.3 is 36.2 Å². The second kappa shape index (κ2) is 89.3. The van der Waals surface area contributed by atoms with E-state index in [-0.39, 0.29) is 70.9 Å². The van der Waals surface area contributed by atoms with Crippen LogP contribution in [0.5, 0.6) is 0 Å². The molecule has 4 atom stereocenters. The lowest BCUT2D eigenvalue weighted by Gasteiger charge is -2.27. The van der Waals surface area contributed by atoms with Crippen LogP contribution in [-0.4, -0.2) is 111 Å². The molecule has 0 spiro atoms. The highest BCUT2D eigenvalue weighted by molar-refractivity contribution is 7.99. The van der Waals surface area contributed by atoms with E-state index in [9.17, 15) is 23.6 Å². The van der Waals surface area contributed by atoms with Crippen molar-refractivity contribution in [3.63, 3.8) is 0 Å². The monoisotopic (exact) mass is 1650 g/mol. The Morgan fingerprint density at radius 1 is 0.333 bits per heavy atom. The summed E-state index contributed by atoms with van der Waals surface area (Å²) < 4.78 is 75.6. The average molecular weight is 1650 g/mol. The fraction of sp³-hybridized carbons (Fsp3) is 0.717. The highest BCUT2D eigenvalue weighted by Crippen LogP contribution is 2.53. The Morgan fingerprint density at radius 3 is 0.919 bits per heavy atom. The van der Waals surface area contributed by atoms with Crippen LogP contribution in [0.2, 0.25) is 0 Å². The third-order valence-corrected chi connectivity index (χ3v) is 21.5. The van der Waals surface area contributed by atoms with Crippen molar-refractivity contribution in [3.05, 3.63) is 146 Å². The van der Waals surface area contributed by atoms with Gasteiger partial charge in [-0.2, -0.15) is 23.5 Å². The van der Waals surface area contributed by atoms with Gasteiger partial charge in [0, 0.05) is 26.1 Å². The second-order valence-corrected chi connectivity index (χ2v) is 34.2. The van der Waals surface area contributed by atoms with E-state index in [2.05, 4.69) is 179 Å². The standard InChI is InChI=1S/C48H85O7PS.C44H77O7PS.ClH/c1-7-10-12-14-16-17-18-19-20-21-22-23-24-25-26-27-28-31-35-39-47(49)54-46(45-53-56(50,52-40-9-3)55-48(4,5)6)44-51-41-36-32-29-30-34-38-43-57-42-37-33-15-13-11-8-2;1-4-7-9-11-13-14-15-16-17-18-19-20-21-22-23-24-25-28-32-36-44(45)51-43(42-50-52(46,47)49-37-6-3)41-48-38-33-29-26-27-31-35-40-53-39-34-30-12-10-8-5-2;/h10,12,16-17,19-20,22-23,25-26,28,31,46H,7-9,11,13-15,18,21,24,27,29-30,32-45H2,1-6H3;7,9,13-14,16-17,19-20,22-23,25,28,43H,4-6,8,10-12,15,18,21,24,26-27,29-42H2,1-3H3,(H,46,47);1H/p-1/b12-10-,17-16-,20-19-,23-22-,26-25-,31-28-;9-7-,14-13-,17-16-,20-19-,23-22-,28-25-;/t46-,56?;43-;/m00./s1. The predicted molar refractivity (Wildman–Crippen MR) is 476 cm³/mol. The number of ether oxygens (including phenoxy) is 4. The number of hydrogen-bond acceptors (Lipinski definition) is 15. The summed E-state index contributed by atoms with van der Waals surface area (Å²) in [6.45, 7) is 19.3. The molecular formula is C92H162ClO14P2S2-. The van der Waals surface area contributed by atoms with E-state index in [0.29, 0.717) is 38.9 Å². The van der Waals surface area contributed by atoms with E-state index in [4.69, 9.17) is 41.6 Å². The van der Waals surface area contributed by atoms with Gasteiger partial charge in [0.2, 0.25) is 0 Å². The first-order chi connectivity index (χ1) is 53.6. The summed E-state index contributed by atoms with van der Waals surface area (Å²) in [6.07, 6.45) is 95.0. The number of carbonyl (C=O) groups is 2. The number of allylic oxidation sites excluding steroid dienone is 24. The van der Waals surface area contributed by atoms with Gasteiger partial charge in [-0.1, -0.05) is 303 Å². The van der Waals surface area contributed by atoms with Crippen LogP contribution in [0.15, 0.2) is 146 Å². The summed E-state index contributed by atoms with van der Waals surface area (Å²) in [5.74, 6) is 4.41. The van der Waals surface area contributed by atoms with E-state index in [1.54, 1.807) is 20.8 Å². The lowest BCUT2D eigenvalue weighted by atomic mass is 10.1. The van der Waals surface area contributed by atoms with E-state index in [0.717, 1.165) is 103 Å². The van der Waals surface area contributed by atoms with Gasteiger partial charge in [0.25, 0.3) is 0 Å². The van der Waals surface area contributed by atoms with Gasteiger partial charge in [0.15, 0.2) is 0 Å². The highest BCUT2D eigenvalue weighted by atomic mass is 35.5. The SMILES string of the molecule is CC/C=C\C/C=C\C/C=C\C/C=C\C/C=C\C/C=C\CCC(=O)O[C@@H](COCCCCCCCCSCCCCCCCC)COP(=O)(O)OCCC.CC/C=C\C/C=C\C/C=C\C/C=C\C/C=C\C/C=C\CCC(=O)O[C@@H](COCCCCCCCCSCCCCCCCC)COP(=O)(OCCC)OC(C)(C)C.[Cl-]. The molecule has 0 aromatic carbocycles. The zero-order valence-electron chi connectivity index (χ0n) is 71.5. The molecule has 0 radical (unpaired) electrons. The number of esters is 2. The third kappa shape index (κ3) is 92.3. The number of phosphoric ester groups is 2. The molecular weight excluding hydrogens is 1490 g/mol. The van der Waals surface area contributed by atoms with Crippen molar-refractivity contribution in [2.45, 2.75) is 350 Å². The minimum absolute atomic E-state index is 0. The molecule has 0 aromatic heterocycles. The third-order valence-electron chi connectivity index (χ3n) is 16.5. The van der Waals surface area contributed by atoms with Gasteiger partial charge in [0.1, 0.15) is 12.2 Å².